The van der Waals surface area contributed by atoms with Crippen molar-refractivity contribution in [1.29, 1.82) is 0 Å². The minimum atomic E-state index is -0.762. The number of carbonyl (C=O) groups excluding carboxylic acids is 1. The average molecular weight is 390 g/mol. The van der Waals surface area contributed by atoms with Gasteiger partial charge in [-0.15, -0.1) is 0 Å². The number of benzene rings is 2. The normalized spacial score (nSPS) is 12.6. The second-order valence-corrected chi connectivity index (χ2v) is 6.83. The lowest BCUT2D eigenvalue weighted by Crippen LogP contribution is -2.11. The predicted molar refractivity (Wildman–Crippen MR) is 98.7 cm³/mol. The van der Waals surface area contributed by atoms with Crippen LogP contribution in [0.25, 0.3) is 0 Å². The predicted octanol–water partition coefficient (Wildman–Crippen LogP) is 4.37. The van der Waals surface area contributed by atoms with Gasteiger partial charge in [0.25, 0.3) is 0 Å². The Labute approximate surface area is 150 Å². The van der Waals surface area contributed by atoms with Gasteiger partial charge in [0, 0.05) is 10.7 Å². The van der Waals surface area contributed by atoms with Gasteiger partial charge < -0.3 is 9.84 Å². The number of halogens is 1. The van der Waals surface area contributed by atoms with Gasteiger partial charge in [-0.25, -0.2) is 4.79 Å². The molecule has 0 aliphatic rings. The van der Waals surface area contributed by atoms with E-state index in [0.717, 1.165) is 15.6 Å². The fraction of sp³-hybridized carbons (Fsp3) is 0.263. The Hall–Kier alpha value is -1.98. The maximum absolute atomic E-state index is 12.2. The summed E-state index contributed by atoms with van der Waals surface area (Å²) in [5.74, 6) is 0.0286. The van der Waals surface area contributed by atoms with Crippen molar-refractivity contribution < 1.29 is 14.6 Å². The third-order valence-corrected chi connectivity index (χ3v) is 3.82. The number of hydrogen-bond acceptors (Lipinski definition) is 4. The number of aryl methyl sites for hydroxylation is 1. The molecule has 0 bridgehead atoms. The largest absolute Gasteiger partial charge is 0.423 e. The smallest absolute Gasteiger partial charge is 0.343 e. The first kappa shape index (κ1) is 18.4. The molecule has 0 aliphatic heterocycles. The van der Waals surface area contributed by atoms with E-state index in [4.69, 9.17) is 4.74 Å². The van der Waals surface area contributed by atoms with E-state index in [0.29, 0.717) is 11.3 Å². The van der Waals surface area contributed by atoms with Crippen molar-refractivity contribution in [2.75, 3.05) is 0 Å². The highest BCUT2D eigenvalue weighted by Gasteiger charge is 2.10. The molecule has 1 atom stereocenters. The molecule has 0 aliphatic carbocycles. The molecule has 4 nitrogen and oxygen atoms in total. The molecular formula is C19H20BrNO3. The van der Waals surface area contributed by atoms with Gasteiger partial charge >= 0.3 is 5.97 Å². The van der Waals surface area contributed by atoms with Crippen LogP contribution in [0.4, 0.5) is 0 Å². The van der Waals surface area contributed by atoms with Crippen molar-refractivity contribution in [1.82, 2.24) is 0 Å². The van der Waals surface area contributed by atoms with Crippen molar-refractivity contribution in [2.24, 2.45) is 10.9 Å². The number of rotatable bonds is 5. The van der Waals surface area contributed by atoms with Crippen LogP contribution in [-0.4, -0.2) is 23.5 Å². The van der Waals surface area contributed by atoms with Crippen molar-refractivity contribution >= 4 is 28.1 Å². The van der Waals surface area contributed by atoms with E-state index in [1.54, 1.807) is 30.5 Å². The third kappa shape index (κ3) is 5.28. The van der Waals surface area contributed by atoms with Gasteiger partial charge in [0.2, 0.25) is 0 Å². The number of nitrogens with zero attached hydrogens (tertiary/aromatic N) is 1. The summed E-state index contributed by atoms with van der Waals surface area (Å²) in [6, 6.07) is 12.4. The Balaban J connectivity index is 2.16. The lowest BCUT2D eigenvalue weighted by Gasteiger charge is -2.09. The highest BCUT2D eigenvalue weighted by molar-refractivity contribution is 9.10. The fourth-order valence-electron chi connectivity index (χ4n) is 1.91. The molecule has 2 aromatic carbocycles. The number of ether oxygens (including phenoxy) is 1. The van der Waals surface area contributed by atoms with E-state index in [1.807, 2.05) is 39.0 Å². The van der Waals surface area contributed by atoms with Crippen LogP contribution in [-0.2, 0) is 0 Å². The monoisotopic (exact) mass is 389 g/mol. The Bertz CT molecular complexity index is 739. The Kier molecular flexibility index (Phi) is 6.29. The summed E-state index contributed by atoms with van der Waals surface area (Å²) < 4.78 is 6.18. The molecule has 0 fully saturated rings. The Morgan fingerprint density at radius 1 is 1.21 bits per heavy atom. The van der Waals surface area contributed by atoms with Crippen LogP contribution in [0.1, 0.15) is 35.3 Å². The van der Waals surface area contributed by atoms with Gasteiger partial charge in [-0.1, -0.05) is 47.5 Å². The quantitative estimate of drug-likeness (QED) is 0.469. The first-order valence-electron chi connectivity index (χ1n) is 7.66. The van der Waals surface area contributed by atoms with Crippen LogP contribution in [0.5, 0.6) is 5.75 Å². The summed E-state index contributed by atoms with van der Waals surface area (Å²) in [4.78, 5) is 16.3. The van der Waals surface area contributed by atoms with Gasteiger partial charge in [0.15, 0.2) is 0 Å². The molecule has 5 heteroatoms. The van der Waals surface area contributed by atoms with Gasteiger partial charge in [-0.3, -0.25) is 4.99 Å². The summed E-state index contributed by atoms with van der Waals surface area (Å²) in [7, 11) is 0. The summed E-state index contributed by atoms with van der Waals surface area (Å²) in [6.45, 7) is 5.73. The van der Waals surface area contributed by atoms with Gasteiger partial charge in [0.1, 0.15) is 12.0 Å². The van der Waals surface area contributed by atoms with Crippen molar-refractivity contribution in [3.05, 3.63) is 63.6 Å². The number of aliphatic hydroxyl groups excluding tert-OH is 1. The summed E-state index contributed by atoms with van der Waals surface area (Å²) in [6.07, 6.45) is 0.807. The molecule has 0 saturated carbocycles. The van der Waals surface area contributed by atoms with Crippen molar-refractivity contribution in [2.45, 2.75) is 27.0 Å². The second kappa shape index (κ2) is 8.22. The molecule has 0 aromatic heterocycles. The van der Waals surface area contributed by atoms with Crippen LogP contribution in [0.3, 0.4) is 0 Å². The SMILES string of the molecule is Cc1ccc(C(=O)Oc2cc(Br)cc(/C=N/C(O)C(C)C)c2)cc1. The lowest BCUT2D eigenvalue weighted by atomic mass is 10.1. The maximum Gasteiger partial charge on any atom is 0.343 e. The first-order valence-corrected chi connectivity index (χ1v) is 8.45. The molecule has 0 amide bonds. The van der Waals surface area contributed by atoms with E-state index in [9.17, 15) is 9.90 Å². The van der Waals surface area contributed by atoms with Crippen molar-refractivity contribution in [3.8, 4) is 5.75 Å². The first-order chi connectivity index (χ1) is 11.3. The van der Waals surface area contributed by atoms with Crippen LogP contribution in [0.15, 0.2) is 51.9 Å². The van der Waals surface area contributed by atoms with E-state index in [-0.39, 0.29) is 5.92 Å². The highest BCUT2D eigenvalue weighted by Crippen LogP contribution is 2.22. The molecule has 0 spiro atoms. The summed E-state index contributed by atoms with van der Waals surface area (Å²) >= 11 is 3.39. The molecule has 1 unspecified atom stereocenters. The molecule has 0 saturated heterocycles. The standard InChI is InChI=1S/C19H20BrNO3/c1-12(2)18(22)21-11-14-8-16(20)10-17(9-14)24-19(23)15-6-4-13(3)5-7-15/h4-12,18,22H,1-3H3/b21-11+. The van der Waals surface area contributed by atoms with Crippen LogP contribution < -0.4 is 4.74 Å². The topological polar surface area (TPSA) is 58.9 Å². The number of aliphatic imine (C=N–C) groups is 1. The number of carbonyl (C=O) groups is 1. The second-order valence-electron chi connectivity index (χ2n) is 5.91. The van der Waals surface area contributed by atoms with Crippen LogP contribution in [0, 0.1) is 12.8 Å². The Morgan fingerprint density at radius 2 is 1.88 bits per heavy atom. The molecule has 24 heavy (non-hydrogen) atoms. The lowest BCUT2D eigenvalue weighted by molar-refractivity contribution is 0.0734. The molecule has 0 heterocycles. The molecular weight excluding hydrogens is 370 g/mol. The highest BCUT2D eigenvalue weighted by atomic mass is 79.9. The summed E-state index contributed by atoms with van der Waals surface area (Å²) in [5, 5.41) is 9.75. The van der Waals surface area contributed by atoms with E-state index >= 15 is 0 Å². The molecule has 0 radical (unpaired) electrons. The fourth-order valence-corrected chi connectivity index (χ4v) is 2.40. The van der Waals surface area contributed by atoms with Gasteiger partial charge in [0.05, 0.1) is 5.56 Å². The zero-order valence-electron chi connectivity index (χ0n) is 13.9. The molecule has 126 valence electrons. The number of hydrogen-bond donors (Lipinski definition) is 1. The van der Waals surface area contributed by atoms with Crippen LogP contribution >= 0.6 is 15.9 Å². The maximum atomic E-state index is 12.2. The number of esters is 1. The zero-order chi connectivity index (χ0) is 17.7. The van der Waals surface area contributed by atoms with Crippen LogP contribution in [0.2, 0.25) is 0 Å². The number of aliphatic hydroxyl groups is 1. The van der Waals surface area contributed by atoms with Crippen molar-refractivity contribution in [3.63, 3.8) is 0 Å². The average Bonchev–Trinajstić information content (AvgIpc) is 2.52. The summed E-state index contributed by atoms with van der Waals surface area (Å²) in [5.41, 5.74) is 2.30. The minimum Gasteiger partial charge on any atom is -0.423 e. The molecule has 2 rings (SSSR count). The third-order valence-electron chi connectivity index (χ3n) is 3.36. The van der Waals surface area contributed by atoms with E-state index < -0.39 is 12.2 Å². The van der Waals surface area contributed by atoms with Gasteiger partial charge in [-0.05, 0) is 48.7 Å². The van der Waals surface area contributed by atoms with E-state index in [2.05, 4.69) is 20.9 Å². The van der Waals surface area contributed by atoms with Gasteiger partial charge in [-0.2, -0.15) is 0 Å². The minimum absolute atomic E-state index is 0.0345. The zero-order valence-corrected chi connectivity index (χ0v) is 15.4. The molecule has 1 N–H and O–H groups in total. The molecule has 2 aromatic rings. The Morgan fingerprint density at radius 3 is 2.50 bits per heavy atom. The van der Waals surface area contributed by atoms with E-state index in [1.165, 1.54) is 0 Å².